The third kappa shape index (κ3) is 2.50. The highest BCUT2D eigenvalue weighted by Gasteiger charge is 2.37. The molecular formula is C13H15ClN4O3. The number of ether oxygens (including phenoxy) is 1. The summed E-state index contributed by atoms with van der Waals surface area (Å²) in [4.78, 5) is 12.6. The maximum Gasteiger partial charge on any atom is 0.325 e. The monoisotopic (exact) mass is 310 g/mol. The molecule has 0 bridgehead atoms. The number of hydrogen-bond acceptors (Lipinski definition) is 5. The Hall–Kier alpha value is -1.62. The van der Waals surface area contributed by atoms with Crippen LogP contribution in [0.3, 0.4) is 0 Å². The molecular weight excluding hydrogens is 296 g/mol. The molecule has 7 nitrogen and oxygen atoms in total. The van der Waals surface area contributed by atoms with Crippen molar-refractivity contribution in [2.24, 2.45) is 5.92 Å². The predicted molar refractivity (Wildman–Crippen MR) is 76.0 cm³/mol. The average Bonchev–Trinajstić information content (AvgIpc) is 2.78. The number of hydrogen-bond donors (Lipinski definition) is 0. The maximum absolute atomic E-state index is 10.9. The molecule has 0 radical (unpaired) electrons. The van der Waals surface area contributed by atoms with E-state index in [1.54, 1.807) is 0 Å². The molecule has 2 atom stereocenters. The minimum absolute atomic E-state index is 0.0469. The van der Waals surface area contributed by atoms with Gasteiger partial charge in [0.1, 0.15) is 6.20 Å². The first kappa shape index (κ1) is 14.3. The topological polar surface area (TPSA) is 73.4 Å². The van der Waals surface area contributed by atoms with Gasteiger partial charge in [-0.2, -0.15) is 5.10 Å². The molecule has 3 rings (SSSR count). The van der Waals surface area contributed by atoms with E-state index in [1.165, 1.54) is 10.9 Å². The molecule has 8 heteroatoms. The van der Waals surface area contributed by atoms with Gasteiger partial charge in [-0.05, 0) is 6.42 Å². The van der Waals surface area contributed by atoms with Crippen LogP contribution in [0.5, 0.6) is 0 Å². The van der Waals surface area contributed by atoms with Crippen molar-refractivity contribution >= 4 is 17.3 Å². The van der Waals surface area contributed by atoms with Gasteiger partial charge in [-0.15, -0.1) is 6.42 Å². The van der Waals surface area contributed by atoms with Gasteiger partial charge < -0.3 is 4.74 Å². The second-order valence-electron chi connectivity index (χ2n) is 5.34. The van der Waals surface area contributed by atoms with E-state index in [4.69, 9.17) is 22.8 Å². The second-order valence-corrected chi connectivity index (χ2v) is 5.70. The van der Waals surface area contributed by atoms with Gasteiger partial charge in [0, 0.05) is 13.1 Å². The molecule has 1 aromatic rings. The van der Waals surface area contributed by atoms with E-state index < -0.39 is 4.92 Å². The van der Waals surface area contributed by atoms with Crippen molar-refractivity contribution in [3.05, 3.63) is 21.5 Å². The molecule has 112 valence electrons. The summed E-state index contributed by atoms with van der Waals surface area (Å²) in [5.74, 6) is 2.71. The van der Waals surface area contributed by atoms with Crippen LogP contribution in [-0.4, -0.2) is 51.9 Å². The van der Waals surface area contributed by atoms with Crippen molar-refractivity contribution in [2.75, 3.05) is 26.3 Å². The Morgan fingerprint density at radius 2 is 2.33 bits per heavy atom. The number of nitro groups is 1. The molecule has 0 unspecified atom stereocenters. The molecule has 0 saturated carbocycles. The van der Waals surface area contributed by atoms with Crippen molar-refractivity contribution in [2.45, 2.75) is 18.5 Å². The summed E-state index contributed by atoms with van der Waals surface area (Å²) in [6, 6.07) is 0.331. The van der Waals surface area contributed by atoms with E-state index >= 15 is 0 Å². The largest absolute Gasteiger partial charge is 0.378 e. The fourth-order valence-corrected chi connectivity index (χ4v) is 3.17. The number of terminal acetylenes is 1. The summed E-state index contributed by atoms with van der Waals surface area (Å²) < 4.78 is 6.71. The van der Waals surface area contributed by atoms with Crippen LogP contribution < -0.4 is 0 Å². The fourth-order valence-electron chi connectivity index (χ4n) is 2.88. The highest BCUT2D eigenvalue weighted by Crippen LogP contribution is 2.34. The Morgan fingerprint density at radius 1 is 1.57 bits per heavy atom. The summed E-state index contributed by atoms with van der Waals surface area (Å²) in [6.07, 6.45) is 7.59. The van der Waals surface area contributed by atoms with Gasteiger partial charge in [-0.3, -0.25) is 15.0 Å². The molecule has 0 amide bonds. The average molecular weight is 311 g/mol. The molecule has 0 N–H and O–H groups in total. The van der Waals surface area contributed by atoms with E-state index in [0.717, 1.165) is 32.7 Å². The quantitative estimate of drug-likeness (QED) is 0.478. The molecule has 2 aliphatic heterocycles. The van der Waals surface area contributed by atoms with Gasteiger partial charge in [0.15, 0.2) is 0 Å². The number of aromatic nitrogens is 2. The number of piperidine rings is 1. The summed E-state index contributed by atoms with van der Waals surface area (Å²) in [5, 5.41) is 15.0. The molecule has 2 aliphatic rings. The summed E-state index contributed by atoms with van der Waals surface area (Å²) in [6.45, 7) is 3.09. The fraction of sp³-hybridized carbons (Fsp3) is 0.615. The zero-order valence-corrected chi connectivity index (χ0v) is 12.1. The van der Waals surface area contributed by atoms with Crippen molar-refractivity contribution in [3.63, 3.8) is 0 Å². The van der Waals surface area contributed by atoms with Crippen molar-refractivity contribution in [1.29, 1.82) is 0 Å². The summed E-state index contributed by atoms with van der Waals surface area (Å²) >= 11 is 6.07. The smallest absolute Gasteiger partial charge is 0.325 e. The zero-order valence-electron chi connectivity index (χ0n) is 11.3. The first-order chi connectivity index (χ1) is 10.1. The van der Waals surface area contributed by atoms with Crippen LogP contribution in [0.15, 0.2) is 6.20 Å². The van der Waals surface area contributed by atoms with Gasteiger partial charge in [0.05, 0.1) is 36.1 Å². The van der Waals surface area contributed by atoms with Gasteiger partial charge >= 0.3 is 5.69 Å². The van der Waals surface area contributed by atoms with E-state index in [0.29, 0.717) is 6.04 Å². The van der Waals surface area contributed by atoms with Gasteiger partial charge in [-0.25, -0.2) is 4.68 Å². The summed E-state index contributed by atoms with van der Waals surface area (Å²) in [5.41, 5.74) is -0.178. The lowest BCUT2D eigenvalue weighted by Gasteiger charge is -2.43. The van der Waals surface area contributed by atoms with Crippen LogP contribution in [0.2, 0.25) is 5.15 Å². The van der Waals surface area contributed by atoms with Crippen molar-refractivity contribution < 1.29 is 9.66 Å². The van der Waals surface area contributed by atoms with Crippen LogP contribution in [0, 0.1) is 28.4 Å². The van der Waals surface area contributed by atoms with Crippen LogP contribution >= 0.6 is 11.6 Å². The van der Waals surface area contributed by atoms with Crippen molar-refractivity contribution in [3.8, 4) is 12.3 Å². The van der Waals surface area contributed by atoms with Gasteiger partial charge in [0.25, 0.3) is 0 Å². The minimum atomic E-state index is -0.530. The molecule has 21 heavy (non-hydrogen) atoms. The second kappa shape index (κ2) is 5.64. The lowest BCUT2D eigenvalue weighted by molar-refractivity contribution is -0.384. The third-order valence-corrected chi connectivity index (χ3v) is 4.55. The lowest BCUT2D eigenvalue weighted by Crippen LogP contribution is -2.54. The Balaban J connectivity index is 1.79. The summed E-state index contributed by atoms with van der Waals surface area (Å²) in [7, 11) is 0. The lowest BCUT2D eigenvalue weighted by atomic mass is 9.91. The van der Waals surface area contributed by atoms with Crippen LogP contribution in [-0.2, 0) is 4.74 Å². The number of likely N-dealkylation sites (tertiary alicyclic amines) is 1. The zero-order chi connectivity index (χ0) is 15.0. The Kier molecular flexibility index (Phi) is 3.85. The highest BCUT2D eigenvalue weighted by atomic mass is 35.5. The third-order valence-electron chi connectivity index (χ3n) is 4.19. The number of halogens is 1. The molecule has 2 fully saturated rings. The molecule has 0 aliphatic carbocycles. The number of rotatable bonds is 3. The predicted octanol–water partition coefficient (Wildman–Crippen LogP) is 1.34. The standard InChI is InChI=1S/C13H15ClN4O3/c1-2-9-6-16(10-7-21-8-10)4-3-11(9)17-13(14)12(5-15-17)18(19)20/h1,5,9-11H,3-4,6-8H2/t9-,11+/m1/s1. The molecule has 1 aromatic heterocycles. The van der Waals surface area contributed by atoms with E-state index in [2.05, 4.69) is 15.9 Å². The number of nitrogens with zero attached hydrogens (tertiary/aromatic N) is 4. The Morgan fingerprint density at radius 3 is 2.86 bits per heavy atom. The van der Waals surface area contributed by atoms with E-state index in [9.17, 15) is 10.1 Å². The van der Waals surface area contributed by atoms with Crippen LogP contribution in [0.25, 0.3) is 0 Å². The van der Waals surface area contributed by atoms with Crippen LogP contribution in [0.4, 0.5) is 5.69 Å². The Labute approximate surface area is 127 Å². The minimum Gasteiger partial charge on any atom is -0.378 e. The SMILES string of the molecule is C#C[C@@H]1CN(C2COC2)CC[C@@H]1n1ncc([N+](=O)[O-])c1Cl. The highest BCUT2D eigenvalue weighted by molar-refractivity contribution is 6.31. The van der Waals surface area contributed by atoms with Gasteiger partial charge in [0.2, 0.25) is 5.15 Å². The molecule has 0 spiro atoms. The first-order valence-electron chi connectivity index (χ1n) is 6.77. The normalized spacial score (nSPS) is 27.0. The van der Waals surface area contributed by atoms with Crippen LogP contribution in [0.1, 0.15) is 12.5 Å². The molecule has 2 saturated heterocycles. The molecule has 3 heterocycles. The van der Waals surface area contributed by atoms with Crippen molar-refractivity contribution in [1.82, 2.24) is 14.7 Å². The first-order valence-corrected chi connectivity index (χ1v) is 7.15. The van der Waals surface area contributed by atoms with Gasteiger partial charge in [-0.1, -0.05) is 17.5 Å². The Bertz CT molecular complexity index is 593. The maximum atomic E-state index is 10.9. The van der Waals surface area contributed by atoms with E-state index in [-0.39, 0.29) is 22.8 Å². The molecule has 0 aromatic carbocycles. The van der Waals surface area contributed by atoms with E-state index in [1.807, 2.05) is 0 Å².